The highest BCUT2D eigenvalue weighted by atomic mass is 32.2. The number of ether oxygens (including phenoxy) is 1. The molecule has 8 heteroatoms. The maximum Gasteiger partial charge on any atom is 0.243 e. The van der Waals surface area contributed by atoms with Crippen LogP contribution in [0.1, 0.15) is 25.0 Å². The average molecular weight is 486 g/mol. The van der Waals surface area contributed by atoms with Crippen molar-refractivity contribution in [2.45, 2.75) is 25.7 Å². The molecule has 0 spiro atoms. The lowest BCUT2D eigenvalue weighted by Gasteiger charge is -2.35. The van der Waals surface area contributed by atoms with E-state index < -0.39 is 10.0 Å². The molecule has 0 aromatic heterocycles. The first-order valence-corrected chi connectivity index (χ1v) is 13.2. The van der Waals surface area contributed by atoms with Gasteiger partial charge in [-0.2, -0.15) is 4.31 Å². The molecule has 0 radical (unpaired) electrons. The fourth-order valence-electron chi connectivity index (χ4n) is 3.95. The van der Waals surface area contributed by atoms with Gasteiger partial charge in [-0.15, -0.1) is 0 Å². The number of hydrogen-bond acceptors (Lipinski definition) is 5. The van der Waals surface area contributed by atoms with Gasteiger partial charge in [0, 0.05) is 39.3 Å². The van der Waals surface area contributed by atoms with E-state index in [0.717, 1.165) is 25.2 Å². The maximum absolute atomic E-state index is 13.2. The summed E-state index contributed by atoms with van der Waals surface area (Å²) in [4.78, 5) is 17.2. The summed E-state index contributed by atoms with van der Waals surface area (Å²) in [5.74, 6) is 0.504. The second-order valence-corrected chi connectivity index (χ2v) is 10.2. The summed E-state index contributed by atoms with van der Waals surface area (Å²) in [5.41, 5.74) is 1.92. The summed E-state index contributed by atoms with van der Waals surface area (Å²) in [6.07, 6.45) is 4.24. The molecule has 0 aliphatic carbocycles. The van der Waals surface area contributed by atoms with E-state index in [0.29, 0.717) is 25.4 Å². The Kier molecular flexibility index (Phi) is 9.27. The molecule has 184 valence electrons. The standard InChI is InChI=1S/C26H35N3O4S/c1-4-29(34(31,32)24-13-14-25(33-5-2)22(3)20-24)21-26(30)28-18-16-27(17-19-28)15-9-12-23-10-7-6-8-11-23/h6-14,20H,4-5,15-19,21H2,1-3H3/b12-9+. The molecule has 7 nitrogen and oxygen atoms in total. The Morgan fingerprint density at radius 1 is 1.06 bits per heavy atom. The lowest BCUT2D eigenvalue weighted by molar-refractivity contribution is -0.133. The smallest absolute Gasteiger partial charge is 0.243 e. The number of hydrogen-bond donors (Lipinski definition) is 0. The third kappa shape index (κ3) is 6.68. The Bertz CT molecular complexity index is 1080. The highest BCUT2D eigenvalue weighted by molar-refractivity contribution is 7.89. The summed E-state index contributed by atoms with van der Waals surface area (Å²) in [6, 6.07) is 15.0. The molecule has 2 aromatic rings. The molecule has 1 aliphatic rings. The van der Waals surface area contributed by atoms with Crippen molar-refractivity contribution >= 4 is 22.0 Å². The minimum absolute atomic E-state index is 0.154. The minimum atomic E-state index is -3.78. The first kappa shape index (κ1) is 25.9. The molecule has 34 heavy (non-hydrogen) atoms. The second-order valence-electron chi connectivity index (χ2n) is 8.29. The van der Waals surface area contributed by atoms with Crippen molar-refractivity contribution in [2.24, 2.45) is 0 Å². The van der Waals surface area contributed by atoms with Crippen LogP contribution in [0.5, 0.6) is 5.75 Å². The van der Waals surface area contributed by atoms with Crippen molar-refractivity contribution in [3.05, 3.63) is 65.7 Å². The van der Waals surface area contributed by atoms with Gasteiger partial charge in [0.05, 0.1) is 18.0 Å². The van der Waals surface area contributed by atoms with Gasteiger partial charge in [-0.1, -0.05) is 49.4 Å². The van der Waals surface area contributed by atoms with Crippen LogP contribution >= 0.6 is 0 Å². The van der Waals surface area contributed by atoms with Gasteiger partial charge >= 0.3 is 0 Å². The largest absolute Gasteiger partial charge is 0.494 e. The lowest BCUT2D eigenvalue weighted by Crippen LogP contribution is -2.51. The summed E-state index contributed by atoms with van der Waals surface area (Å²) in [7, 11) is -3.78. The van der Waals surface area contributed by atoms with Gasteiger partial charge in [-0.25, -0.2) is 8.42 Å². The topological polar surface area (TPSA) is 70.2 Å². The first-order chi connectivity index (χ1) is 16.3. The van der Waals surface area contributed by atoms with Gasteiger partial charge in [0.15, 0.2) is 0 Å². The third-order valence-corrected chi connectivity index (χ3v) is 7.86. The van der Waals surface area contributed by atoms with Crippen LogP contribution in [-0.4, -0.2) is 80.9 Å². The highest BCUT2D eigenvalue weighted by Crippen LogP contribution is 2.24. The van der Waals surface area contributed by atoms with Gasteiger partial charge < -0.3 is 9.64 Å². The molecular weight excluding hydrogens is 450 g/mol. The quantitative estimate of drug-likeness (QED) is 0.517. The molecule has 3 rings (SSSR count). The number of sulfonamides is 1. The number of piperazine rings is 1. The molecule has 1 aliphatic heterocycles. The van der Waals surface area contributed by atoms with Crippen molar-refractivity contribution in [1.29, 1.82) is 0 Å². The zero-order chi connectivity index (χ0) is 24.6. The molecule has 1 amide bonds. The Labute approximate surface area is 203 Å². The van der Waals surface area contributed by atoms with E-state index in [9.17, 15) is 13.2 Å². The Balaban J connectivity index is 1.55. The van der Waals surface area contributed by atoms with Crippen LogP contribution in [-0.2, 0) is 14.8 Å². The van der Waals surface area contributed by atoms with Gasteiger partial charge in [0.1, 0.15) is 5.75 Å². The van der Waals surface area contributed by atoms with E-state index in [1.165, 1.54) is 9.87 Å². The van der Waals surface area contributed by atoms with E-state index in [2.05, 4.69) is 29.2 Å². The van der Waals surface area contributed by atoms with E-state index >= 15 is 0 Å². The fraction of sp³-hybridized carbons (Fsp3) is 0.423. The number of likely N-dealkylation sites (N-methyl/N-ethyl adjacent to an activating group) is 1. The third-order valence-electron chi connectivity index (χ3n) is 5.95. The van der Waals surface area contributed by atoms with Gasteiger partial charge in [-0.05, 0) is 43.2 Å². The van der Waals surface area contributed by atoms with Crippen LogP contribution in [0.4, 0.5) is 0 Å². The number of aryl methyl sites for hydroxylation is 1. The van der Waals surface area contributed by atoms with Gasteiger partial charge in [0.25, 0.3) is 0 Å². The summed E-state index contributed by atoms with van der Waals surface area (Å²) >= 11 is 0. The zero-order valence-corrected chi connectivity index (χ0v) is 21.1. The molecular formula is C26H35N3O4S. The van der Waals surface area contributed by atoms with Crippen LogP contribution in [0.15, 0.2) is 59.5 Å². The predicted molar refractivity (Wildman–Crippen MR) is 135 cm³/mol. The number of carbonyl (C=O) groups excluding carboxylic acids is 1. The molecule has 0 saturated carbocycles. The summed E-state index contributed by atoms with van der Waals surface area (Å²) in [6.45, 7) is 9.59. The predicted octanol–water partition coefficient (Wildman–Crippen LogP) is 3.26. The number of nitrogens with zero attached hydrogens (tertiary/aromatic N) is 3. The molecule has 2 aromatic carbocycles. The van der Waals surface area contributed by atoms with Gasteiger partial charge in [0.2, 0.25) is 15.9 Å². The van der Waals surface area contributed by atoms with Crippen molar-refractivity contribution in [1.82, 2.24) is 14.1 Å². The van der Waals surface area contributed by atoms with Crippen molar-refractivity contribution in [2.75, 3.05) is 52.4 Å². The second kappa shape index (κ2) is 12.1. The van der Waals surface area contributed by atoms with Crippen molar-refractivity contribution < 1.29 is 17.9 Å². The molecule has 0 N–H and O–H groups in total. The Morgan fingerprint density at radius 2 is 1.76 bits per heavy atom. The average Bonchev–Trinajstić information content (AvgIpc) is 2.84. The fourth-order valence-corrected chi connectivity index (χ4v) is 5.43. The summed E-state index contributed by atoms with van der Waals surface area (Å²) < 4.78 is 33.1. The molecule has 1 heterocycles. The van der Waals surface area contributed by atoms with Crippen molar-refractivity contribution in [3.63, 3.8) is 0 Å². The normalized spacial score (nSPS) is 15.2. The van der Waals surface area contributed by atoms with Crippen LogP contribution in [0.25, 0.3) is 6.08 Å². The molecule has 1 fully saturated rings. The zero-order valence-electron chi connectivity index (χ0n) is 20.3. The number of carbonyl (C=O) groups is 1. The lowest BCUT2D eigenvalue weighted by atomic mass is 10.2. The SMILES string of the molecule is CCOc1ccc(S(=O)(=O)N(CC)CC(=O)N2CCN(C/C=C/c3ccccc3)CC2)cc1C. The monoisotopic (exact) mass is 485 g/mol. The summed E-state index contributed by atoms with van der Waals surface area (Å²) in [5, 5.41) is 0. The van der Waals surface area contributed by atoms with E-state index in [1.54, 1.807) is 30.0 Å². The number of benzene rings is 2. The van der Waals surface area contributed by atoms with E-state index in [4.69, 9.17) is 4.74 Å². The van der Waals surface area contributed by atoms with Gasteiger partial charge in [-0.3, -0.25) is 9.69 Å². The van der Waals surface area contributed by atoms with Crippen molar-refractivity contribution in [3.8, 4) is 5.75 Å². The molecule has 0 bridgehead atoms. The highest BCUT2D eigenvalue weighted by Gasteiger charge is 2.29. The maximum atomic E-state index is 13.2. The van der Waals surface area contributed by atoms with Crippen LogP contribution in [0.3, 0.4) is 0 Å². The molecule has 0 unspecified atom stereocenters. The Hall–Kier alpha value is -2.68. The first-order valence-electron chi connectivity index (χ1n) is 11.8. The van der Waals surface area contributed by atoms with Crippen LogP contribution in [0, 0.1) is 6.92 Å². The number of rotatable bonds is 10. The molecule has 1 saturated heterocycles. The van der Waals surface area contributed by atoms with Crippen LogP contribution in [0.2, 0.25) is 0 Å². The Morgan fingerprint density at radius 3 is 2.38 bits per heavy atom. The van der Waals surface area contributed by atoms with E-state index in [-0.39, 0.29) is 23.9 Å². The van der Waals surface area contributed by atoms with Crippen LogP contribution < -0.4 is 4.74 Å². The minimum Gasteiger partial charge on any atom is -0.494 e. The molecule has 0 atom stereocenters. The van der Waals surface area contributed by atoms with E-state index in [1.807, 2.05) is 32.0 Å². The number of amides is 1.